The topological polar surface area (TPSA) is 49.9 Å². The van der Waals surface area contributed by atoms with E-state index in [4.69, 9.17) is 4.74 Å². The molecule has 1 aliphatic rings. The second-order valence-electron chi connectivity index (χ2n) is 6.86. The molecule has 0 fully saturated rings. The van der Waals surface area contributed by atoms with Gasteiger partial charge in [-0.15, -0.1) is 0 Å². The molecule has 1 atom stereocenters. The molecule has 136 valence electrons. The molecular formula is C21H24N2O3. The average Bonchev–Trinajstić information content (AvgIpc) is 2.66. The van der Waals surface area contributed by atoms with E-state index >= 15 is 0 Å². The molecule has 2 aromatic carbocycles. The maximum absolute atomic E-state index is 13.2. The predicted molar refractivity (Wildman–Crippen MR) is 99.8 cm³/mol. The van der Waals surface area contributed by atoms with Crippen LogP contribution in [0, 0.1) is 0 Å². The Morgan fingerprint density at radius 1 is 1.12 bits per heavy atom. The summed E-state index contributed by atoms with van der Waals surface area (Å²) >= 11 is 0. The van der Waals surface area contributed by atoms with Crippen LogP contribution in [0.3, 0.4) is 0 Å². The van der Waals surface area contributed by atoms with Crippen LogP contribution < -0.4 is 0 Å². The SMILES string of the molecule is COC(=O)C1CN(C(=O)c2ccccc2CN(C)C)Cc2ccccc21. The van der Waals surface area contributed by atoms with E-state index in [1.54, 1.807) is 4.90 Å². The lowest BCUT2D eigenvalue weighted by molar-refractivity contribution is -0.143. The first kappa shape index (κ1) is 18.1. The smallest absolute Gasteiger partial charge is 0.314 e. The number of hydrogen-bond donors (Lipinski definition) is 0. The van der Waals surface area contributed by atoms with Crippen LogP contribution in [0.4, 0.5) is 0 Å². The zero-order valence-electron chi connectivity index (χ0n) is 15.4. The van der Waals surface area contributed by atoms with Crippen molar-refractivity contribution in [1.82, 2.24) is 9.80 Å². The van der Waals surface area contributed by atoms with E-state index in [0.29, 0.717) is 25.2 Å². The van der Waals surface area contributed by atoms with Crippen LogP contribution in [0.1, 0.15) is 33.0 Å². The molecular weight excluding hydrogens is 328 g/mol. The largest absolute Gasteiger partial charge is 0.468 e. The average molecular weight is 352 g/mol. The number of hydrogen-bond acceptors (Lipinski definition) is 4. The molecule has 1 amide bonds. The quantitative estimate of drug-likeness (QED) is 0.794. The molecule has 5 nitrogen and oxygen atoms in total. The van der Waals surface area contributed by atoms with Gasteiger partial charge in [0, 0.05) is 25.2 Å². The Bertz CT molecular complexity index is 816. The molecule has 0 saturated heterocycles. The summed E-state index contributed by atoms with van der Waals surface area (Å²) in [7, 11) is 5.34. The zero-order chi connectivity index (χ0) is 18.7. The normalized spacial score (nSPS) is 16.3. The molecule has 26 heavy (non-hydrogen) atoms. The third-order valence-corrected chi connectivity index (χ3v) is 4.70. The molecule has 1 heterocycles. The van der Waals surface area contributed by atoms with Crippen LogP contribution in [-0.2, 0) is 22.6 Å². The van der Waals surface area contributed by atoms with Crippen molar-refractivity contribution in [3.8, 4) is 0 Å². The van der Waals surface area contributed by atoms with Crippen LogP contribution in [-0.4, -0.2) is 49.4 Å². The molecule has 5 heteroatoms. The van der Waals surface area contributed by atoms with Gasteiger partial charge in [0.1, 0.15) is 0 Å². The fourth-order valence-corrected chi connectivity index (χ4v) is 3.48. The van der Waals surface area contributed by atoms with E-state index in [1.807, 2.05) is 67.5 Å². The highest BCUT2D eigenvalue weighted by atomic mass is 16.5. The molecule has 0 N–H and O–H groups in total. The number of benzene rings is 2. The highest BCUT2D eigenvalue weighted by Gasteiger charge is 2.33. The van der Waals surface area contributed by atoms with Crippen molar-refractivity contribution in [2.24, 2.45) is 0 Å². The van der Waals surface area contributed by atoms with Crippen molar-refractivity contribution in [1.29, 1.82) is 0 Å². The second-order valence-corrected chi connectivity index (χ2v) is 6.86. The first-order valence-electron chi connectivity index (χ1n) is 8.68. The van der Waals surface area contributed by atoms with E-state index in [1.165, 1.54) is 7.11 Å². The zero-order valence-corrected chi connectivity index (χ0v) is 15.4. The number of fused-ring (bicyclic) bond motifs is 1. The lowest BCUT2D eigenvalue weighted by Crippen LogP contribution is -2.41. The van der Waals surface area contributed by atoms with E-state index in [0.717, 1.165) is 16.7 Å². The van der Waals surface area contributed by atoms with Crippen molar-refractivity contribution in [3.05, 3.63) is 70.8 Å². The predicted octanol–water partition coefficient (Wildman–Crippen LogP) is 2.66. The molecule has 0 bridgehead atoms. The van der Waals surface area contributed by atoms with Crippen molar-refractivity contribution in [2.75, 3.05) is 27.7 Å². The van der Waals surface area contributed by atoms with Gasteiger partial charge in [0.25, 0.3) is 5.91 Å². The van der Waals surface area contributed by atoms with Gasteiger partial charge < -0.3 is 14.5 Å². The van der Waals surface area contributed by atoms with Crippen molar-refractivity contribution >= 4 is 11.9 Å². The second kappa shape index (κ2) is 7.70. The molecule has 3 rings (SSSR count). The minimum atomic E-state index is -0.449. The van der Waals surface area contributed by atoms with Gasteiger partial charge in [-0.2, -0.15) is 0 Å². The summed E-state index contributed by atoms with van der Waals surface area (Å²) in [5.74, 6) is -0.808. The summed E-state index contributed by atoms with van der Waals surface area (Å²) in [6, 6.07) is 15.4. The van der Waals surface area contributed by atoms with Crippen molar-refractivity contribution < 1.29 is 14.3 Å². The van der Waals surface area contributed by atoms with E-state index in [9.17, 15) is 9.59 Å². The minimum absolute atomic E-state index is 0.0501. The van der Waals surface area contributed by atoms with Crippen molar-refractivity contribution in [2.45, 2.75) is 19.0 Å². The van der Waals surface area contributed by atoms with Gasteiger partial charge in [-0.05, 0) is 36.9 Å². The van der Waals surface area contributed by atoms with E-state index in [-0.39, 0.29) is 11.9 Å². The fourth-order valence-electron chi connectivity index (χ4n) is 3.48. The Hall–Kier alpha value is -2.66. The number of rotatable bonds is 4. The summed E-state index contributed by atoms with van der Waals surface area (Å²) in [5, 5.41) is 0. The summed E-state index contributed by atoms with van der Waals surface area (Å²) in [6.45, 7) is 1.52. The highest BCUT2D eigenvalue weighted by Crippen LogP contribution is 2.30. The molecule has 0 spiro atoms. The number of esters is 1. The molecule has 1 unspecified atom stereocenters. The Morgan fingerprint density at radius 2 is 1.81 bits per heavy atom. The molecule has 2 aromatic rings. The van der Waals surface area contributed by atoms with Crippen LogP contribution in [0.15, 0.2) is 48.5 Å². The first-order valence-corrected chi connectivity index (χ1v) is 8.68. The Balaban J connectivity index is 1.93. The van der Waals surface area contributed by atoms with Crippen LogP contribution in [0.5, 0.6) is 0 Å². The van der Waals surface area contributed by atoms with Gasteiger partial charge in [0.2, 0.25) is 0 Å². The molecule has 0 aliphatic carbocycles. The first-order chi connectivity index (χ1) is 12.5. The monoisotopic (exact) mass is 352 g/mol. The summed E-state index contributed by atoms with van der Waals surface area (Å²) in [4.78, 5) is 29.3. The number of carbonyl (C=O) groups is 2. The lowest BCUT2D eigenvalue weighted by Gasteiger charge is -2.34. The number of amides is 1. The highest BCUT2D eigenvalue weighted by molar-refractivity contribution is 5.96. The maximum atomic E-state index is 13.2. The summed E-state index contributed by atoms with van der Waals surface area (Å²) in [5.41, 5.74) is 3.61. The molecule has 1 aliphatic heterocycles. The molecule has 0 radical (unpaired) electrons. The third-order valence-electron chi connectivity index (χ3n) is 4.70. The number of carbonyl (C=O) groups excluding carboxylic acids is 2. The van der Waals surface area contributed by atoms with E-state index < -0.39 is 5.92 Å². The van der Waals surface area contributed by atoms with Gasteiger partial charge in [0.15, 0.2) is 0 Å². The summed E-state index contributed by atoms with van der Waals surface area (Å²) in [6.07, 6.45) is 0. The van der Waals surface area contributed by atoms with Crippen LogP contribution in [0.25, 0.3) is 0 Å². The van der Waals surface area contributed by atoms with Gasteiger partial charge in [-0.3, -0.25) is 9.59 Å². The lowest BCUT2D eigenvalue weighted by atomic mass is 9.89. The van der Waals surface area contributed by atoms with Crippen LogP contribution in [0.2, 0.25) is 0 Å². The van der Waals surface area contributed by atoms with Gasteiger partial charge in [0.05, 0.1) is 13.0 Å². The van der Waals surface area contributed by atoms with Crippen molar-refractivity contribution in [3.63, 3.8) is 0 Å². The van der Waals surface area contributed by atoms with Gasteiger partial charge >= 0.3 is 5.97 Å². The third kappa shape index (κ3) is 3.63. The van der Waals surface area contributed by atoms with E-state index in [2.05, 4.69) is 0 Å². The molecule has 0 aromatic heterocycles. The minimum Gasteiger partial charge on any atom is -0.468 e. The Morgan fingerprint density at radius 3 is 2.54 bits per heavy atom. The van der Waals surface area contributed by atoms with Crippen LogP contribution >= 0.6 is 0 Å². The fraction of sp³-hybridized carbons (Fsp3) is 0.333. The Labute approximate surface area is 154 Å². The van der Waals surface area contributed by atoms with Gasteiger partial charge in [-0.1, -0.05) is 42.5 Å². The number of ether oxygens (including phenoxy) is 1. The Kier molecular flexibility index (Phi) is 5.38. The van der Waals surface area contributed by atoms with Gasteiger partial charge in [-0.25, -0.2) is 0 Å². The maximum Gasteiger partial charge on any atom is 0.314 e. The number of nitrogens with zero attached hydrogens (tertiary/aromatic N) is 2. The molecule has 0 saturated carbocycles. The summed E-state index contributed by atoms with van der Waals surface area (Å²) < 4.78 is 4.97. The standard InChI is InChI=1S/C21H24N2O3/c1-22(2)12-15-8-5-7-11-18(15)20(24)23-13-16-9-4-6-10-17(16)19(14-23)21(25)26-3/h4-11,19H,12-14H2,1-3H3. The number of methoxy groups -OCH3 is 1.